The SMILES string of the molecule is CC.COc1cccc2c1c(N)nn2C.CSO.O.[HH]. The van der Waals surface area contributed by atoms with Crippen molar-refractivity contribution in [3.63, 3.8) is 0 Å². The van der Waals surface area contributed by atoms with E-state index in [1.54, 1.807) is 18.0 Å². The quantitative estimate of drug-likeness (QED) is 0.785. The highest BCUT2D eigenvalue weighted by Crippen LogP contribution is 2.29. The van der Waals surface area contributed by atoms with Gasteiger partial charge in [0.25, 0.3) is 0 Å². The van der Waals surface area contributed by atoms with E-state index in [4.69, 9.17) is 15.0 Å². The van der Waals surface area contributed by atoms with Gasteiger partial charge in [-0.1, -0.05) is 19.9 Å². The summed E-state index contributed by atoms with van der Waals surface area (Å²) in [6, 6.07) is 5.75. The molecule has 0 saturated heterocycles. The number of nitrogen functional groups attached to an aromatic ring is 1. The Morgan fingerprint density at radius 1 is 1.42 bits per heavy atom. The molecule has 2 rings (SSSR count). The van der Waals surface area contributed by atoms with Gasteiger partial charge in [-0.15, -0.1) is 0 Å². The van der Waals surface area contributed by atoms with Crippen LogP contribution in [0.1, 0.15) is 15.3 Å². The Hall–Kier alpha value is -1.44. The average molecular weight is 291 g/mol. The lowest BCUT2D eigenvalue weighted by Gasteiger charge is -2.00. The summed E-state index contributed by atoms with van der Waals surface area (Å²) in [6.45, 7) is 4.00. The second-order valence-corrected chi connectivity index (χ2v) is 3.41. The molecular weight excluding hydrogens is 266 g/mol. The highest BCUT2D eigenvalue weighted by molar-refractivity contribution is 7.93. The Kier molecular flexibility index (Phi) is 11.0. The molecular formula is C12H25N3O3S. The van der Waals surface area contributed by atoms with Gasteiger partial charge in [0.2, 0.25) is 0 Å². The lowest BCUT2D eigenvalue weighted by Crippen LogP contribution is -1.90. The number of benzene rings is 1. The van der Waals surface area contributed by atoms with Crippen molar-refractivity contribution in [2.75, 3.05) is 19.1 Å². The van der Waals surface area contributed by atoms with Gasteiger partial charge in [0.05, 0.1) is 18.0 Å². The van der Waals surface area contributed by atoms with Crippen molar-refractivity contribution in [3.8, 4) is 5.75 Å². The first-order valence-corrected chi connectivity index (χ1v) is 6.76. The van der Waals surface area contributed by atoms with Crippen molar-refractivity contribution in [1.29, 1.82) is 0 Å². The fourth-order valence-electron chi connectivity index (χ4n) is 1.48. The fourth-order valence-corrected chi connectivity index (χ4v) is 1.48. The van der Waals surface area contributed by atoms with Gasteiger partial charge < -0.3 is 20.5 Å². The van der Waals surface area contributed by atoms with Gasteiger partial charge in [-0.25, -0.2) is 0 Å². The van der Waals surface area contributed by atoms with Gasteiger partial charge in [-0.2, -0.15) is 5.10 Å². The van der Waals surface area contributed by atoms with E-state index in [0.717, 1.165) is 28.7 Å². The van der Waals surface area contributed by atoms with Gasteiger partial charge >= 0.3 is 0 Å². The van der Waals surface area contributed by atoms with E-state index in [1.807, 2.05) is 39.1 Å². The summed E-state index contributed by atoms with van der Waals surface area (Å²) in [5, 5.41) is 5.00. The van der Waals surface area contributed by atoms with E-state index in [2.05, 4.69) is 5.10 Å². The Balaban J connectivity index is -0.000000369. The Bertz CT molecular complexity index is 480. The van der Waals surface area contributed by atoms with Crippen molar-refractivity contribution in [2.45, 2.75) is 13.8 Å². The molecule has 0 saturated carbocycles. The molecule has 1 aromatic heterocycles. The maximum absolute atomic E-state index is 7.49. The van der Waals surface area contributed by atoms with E-state index in [-0.39, 0.29) is 6.90 Å². The number of ether oxygens (including phenoxy) is 1. The zero-order valence-corrected chi connectivity index (χ0v) is 12.8. The first-order chi connectivity index (χ1) is 8.65. The molecule has 0 bridgehead atoms. The van der Waals surface area contributed by atoms with Crippen molar-refractivity contribution in [2.24, 2.45) is 7.05 Å². The van der Waals surface area contributed by atoms with Crippen LogP contribution in [0.5, 0.6) is 5.75 Å². The molecule has 5 N–H and O–H groups in total. The molecule has 112 valence electrons. The molecule has 1 aromatic carbocycles. The molecule has 0 amide bonds. The number of hydrogen-bond acceptors (Lipinski definition) is 5. The molecule has 0 aliphatic heterocycles. The van der Waals surface area contributed by atoms with Gasteiger partial charge in [0.1, 0.15) is 5.75 Å². The summed E-state index contributed by atoms with van der Waals surface area (Å²) in [4.78, 5) is 0. The number of nitrogens with zero attached hydrogens (tertiary/aromatic N) is 2. The van der Waals surface area contributed by atoms with Crippen LogP contribution in [0.4, 0.5) is 5.82 Å². The van der Waals surface area contributed by atoms with Crippen LogP contribution in [0, 0.1) is 0 Å². The molecule has 0 atom stereocenters. The zero-order valence-electron chi connectivity index (χ0n) is 12.0. The van der Waals surface area contributed by atoms with Crippen LogP contribution in [-0.2, 0) is 7.05 Å². The summed E-state index contributed by atoms with van der Waals surface area (Å²) in [7, 11) is 3.49. The molecule has 0 radical (unpaired) electrons. The largest absolute Gasteiger partial charge is 0.496 e. The minimum atomic E-state index is 0. The molecule has 7 heteroatoms. The van der Waals surface area contributed by atoms with Crippen LogP contribution in [0.25, 0.3) is 10.9 Å². The standard InChI is InChI=1S/C9H11N3O.C2H6.CH4OS.H2O.H2/c1-12-6-4-3-5-7(13-2)8(6)9(10)11-12;1-2;1-3-2;;/h3-5H,1-2H3,(H2,10,11);1-2H3;2H,1H3;1H2;1H. The fraction of sp³-hybridized carbons (Fsp3) is 0.417. The van der Waals surface area contributed by atoms with Gasteiger partial charge in [-0.05, 0) is 24.2 Å². The average Bonchev–Trinajstić information content (AvgIpc) is 2.69. The molecule has 0 spiro atoms. The summed E-state index contributed by atoms with van der Waals surface area (Å²) in [6.07, 6.45) is 1.60. The van der Waals surface area contributed by atoms with E-state index in [0.29, 0.717) is 5.82 Å². The Labute approximate surface area is 119 Å². The lowest BCUT2D eigenvalue weighted by atomic mass is 10.2. The van der Waals surface area contributed by atoms with Crippen molar-refractivity contribution in [1.82, 2.24) is 9.78 Å². The maximum Gasteiger partial charge on any atom is 0.157 e. The number of anilines is 1. The van der Waals surface area contributed by atoms with Crippen molar-refractivity contribution >= 4 is 28.8 Å². The molecule has 19 heavy (non-hydrogen) atoms. The molecule has 0 aliphatic carbocycles. The minimum absolute atomic E-state index is 0. The van der Waals surface area contributed by atoms with E-state index < -0.39 is 0 Å². The monoisotopic (exact) mass is 291 g/mol. The minimum Gasteiger partial charge on any atom is -0.496 e. The van der Waals surface area contributed by atoms with E-state index in [9.17, 15) is 0 Å². The highest BCUT2D eigenvalue weighted by atomic mass is 32.2. The predicted molar refractivity (Wildman–Crippen MR) is 84.9 cm³/mol. The van der Waals surface area contributed by atoms with Crippen LogP contribution in [0.3, 0.4) is 0 Å². The smallest absolute Gasteiger partial charge is 0.157 e. The molecule has 2 aromatic rings. The van der Waals surface area contributed by atoms with Gasteiger partial charge in [0, 0.05) is 14.7 Å². The molecule has 6 nitrogen and oxygen atoms in total. The predicted octanol–water partition coefficient (Wildman–Crippen LogP) is 2.43. The molecule has 0 fully saturated rings. The summed E-state index contributed by atoms with van der Waals surface area (Å²) >= 11 is 0.750. The van der Waals surface area contributed by atoms with Crippen molar-refractivity contribution < 1.29 is 16.2 Å². The first kappa shape index (κ1) is 19.9. The lowest BCUT2D eigenvalue weighted by molar-refractivity contribution is 0.420. The Morgan fingerprint density at radius 2 is 1.95 bits per heavy atom. The topological polar surface area (TPSA) is 105 Å². The number of fused-ring (bicyclic) bond motifs is 1. The van der Waals surface area contributed by atoms with Crippen LogP contribution in [-0.4, -0.2) is 33.2 Å². The third kappa shape index (κ3) is 4.98. The summed E-state index contributed by atoms with van der Waals surface area (Å²) in [5.41, 5.74) is 6.72. The van der Waals surface area contributed by atoms with Crippen LogP contribution < -0.4 is 10.5 Å². The number of aryl methyl sites for hydroxylation is 1. The normalized spacial score (nSPS) is 8.53. The number of hydrogen-bond donors (Lipinski definition) is 2. The second kappa shape index (κ2) is 10.5. The van der Waals surface area contributed by atoms with Crippen LogP contribution in [0.15, 0.2) is 18.2 Å². The van der Waals surface area contributed by atoms with E-state index in [1.165, 1.54) is 0 Å². The highest BCUT2D eigenvalue weighted by Gasteiger charge is 2.09. The number of methoxy groups -OCH3 is 1. The summed E-state index contributed by atoms with van der Waals surface area (Å²) in [5.74, 6) is 1.28. The molecule has 0 aliphatic rings. The third-order valence-electron chi connectivity index (χ3n) is 2.09. The second-order valence-electron chi connectivity index (χ2n) is 3.05. The Morgan fingerprint density at radius 3 is 2.42 bits per heavy atom. The van der Waals surface area contributed by atoms with Gasteiger partial charge in [0.15, 0.2) is 5.82 Å². The number of rotatable bonds is 1. The maximum atomic E-state index is 7.49. The number of aromatic nitrogens is 2. The zero-order chi connectivity index (χ0) is 14.1. The first-order valence-electron chi connectivity index (χ1n) is 5.58. The molecule has 0 unspecified atom stereocenters. The van der Waals surface area contributed by atoms with Crippen LogP contribution >= 0.6 is 12.0 Å². The van der Waals surface area contributed by atoms with Crippen LogP contribution in [0.2, 0.25) is 0 Å². The summed E-state index contributed by atoms with van der Waals surface area (Å²) < 4.78 is 14.4. The molecule has 1 heterocycles. The van der Waals surface area contributed by atoms with Crippen molar-refractivity contribution in [3.05, 3.63) is 18.2 Å². The van der Waals surface area contributed by atoms with Gasteiger partial charge in [-0.3, -0.25) is 4.68 Å². The van der Waals surface area contributed by atoms with E-state index >= 15 is 0 Å². The number of nitrogens with two attached hydrogens (primary N) is 1. The third-order valence-corrected chi connectivity index (χ3v) is 2.09.